The zero-order chi connectivity index (χ0) is 26.9. The summed E-state index contributed by atoms with van der Waals surface area (Å²) in [6, 6.07) is 32.8. The van der Waals surface area contributed by atoms with Crippen LogP contribution in [0.2, 0.25) is 6.82 Å². The molecule has 1 radical (unpaired) electrons. The van der Waals surface area contributed by atoms with Gasteiger partial charge < -0.3 is 0 Å². The van der Waals surface area contributed by atoms with Crippen LogP contribution in [0.5, 0.6) is 0 Å². The average molecular weight is 495 g/mol. The third-order valence-corrected chi connectivity index (χ3v) is 10.0. The Bertz CT molecular complexity index is 1650. The highest BCUT2D eigenvalue weighted by molar-refractivity contribution is 6.54. The normalized spacial score (nSPS) is 16.9. The summed E-state index contributed by atoms with van der Waals surface area (Å²) in [4.78, 5) is 5.05. The Balaban J connectivity index is 1.48. The van der Waals surface area contributed by atoms with Crippen LogP contribution in [-0.4, -0.2) is 16.8 Å². The van der Waals surface area contributed by atoms with E-state index >= 15 is 0 Å². The maximum absolute atomic E-state index is 5.05. The number of aromatic nitrogens is 2. The molecule has 1 aliphatic carbocycles. The molecule has 0 fully saturated rings. The van der Waals surface area contributed by atoms with Crippen molar-refractivity contribution in [3.63, 3.8) is 0 Å². The van der Waals surface area contributed by atoms with Crippen molar-refractivity contribution in [2.24, 2.45) is 5.41 Å². The quantitative estimate of drug-likeness (QED) is 0.229. The van der Waals surface area contributed by atoms with Gasteiger partial charge in [-0.1, -0.05) is 121 Å². The lowest BCUT2D eigenvalue weighted by Gasteiger charge is -2.44. The molecule has 0 aliphatic heterocycles. The molecule has 1 aromatic heterocycles. The van der Waals surface area contributed by atoms with E-state index in [0.29, 0.717) is 0 Å². The van der Waals surface area contributed by atoms with Crippen molar-refractivity contribution in [2.75, 3.05) is 0 Å². The van der Waals surface area contributed by atoms with E-state index in [9.17, 15) is 0 Å². The number of nitrogens with zero attached hydrogens (tertiary/aromatic N) is 2. The molecule has 0 atom stereocenters. The summed E-state index contributed by atoms with van der Waals surface area (Å²) in [6.45, 7) is 16.7. The molecule has 38 heavy (non-hydrogen) atoms. The van der Waals surface area contributed by atoms with Gasteiger partial charge in [0.05, 0.1) is 11.0 Å². The molecule has 0 amide bonds. The van der Waals surface area contributed by atoms with Crippen LogP contribution < -0.4 is 5.46 Å². The van der Waals surface area contributed by atoms with Gasteiger partial charge in [0, 0.05) is 11.3 Å². The van der Waals surface area contributed by atoms with Gasteiger partial charge in [-0.25, -0.2) is 4.98 Å². The van der Waals surface area contributed by atoms with E-state index in [1.807, 2.05) is 0 Å². The topological polar surface area (TPSA) is 17.8 Å². The summed E-state index contributed by atoms with van der Waals surface area (Å²) in [7, 11) is 2.26. The van der Waals surface area contributed by atoms with Crippen LogP contribution in [0.4, 0.5) is 0 Å². The highest BCUT2D eigenvalue weighted by Crippen LogP contribution is 2.61. The van der Waals surface area contributed by atoms with E-state index in [1.165, 1.54) is 27.7 Å². The minimum absolute atomic E-state index is 0.0767. The highest BCUT2D eigenvalue weighted by atomic mass is 15.1. The molecular formula is C35H36BN2. The first-order chi connectivity index (χ1) is 18.1. The monoisotopic (exact) mass is 495 g/mol. The van der Waals surface area contributed by atoms with Gasteiger partial charge in [0.15, 0.2) is 0 Å². The molecule has 2 nitrogen and oxygen atoms in total. The first-order valence-corrected chi connectivity index (χ1v) is 13.7. The maximum Gasteiger partial charge on any atom is 0.149 e. The number of benzene rings is 4. The molecule has 5 aromatic rings. The van der Waals surface area contributed by atoms with Gasteiger partial charge >= 0.3 is 0 Å². The zero-order valence-corrected chi connectivity index (χ0v) is 23.6. The number of rotatable bonds is 4. The molecule has 0 unspecified atom stereocenters. The number of fused-ring (bicyclic) bond motifs is 2. The van der Waals surface area contributed by atoms with Gasteiger partial charge in [0.1, 0.15) is 13.1 Å². The summed E-state index contributed by atoms with van der Waals surface area (Å²) >= 11 is 0. The number of hydrogen-bond donors (Lipinski definition) is 0. The molecule has 3 heteroatoms. The molecule has 189 valence electrons. The van der Waals surface area contributed by atoms with Crippen molar-refractivity contribution >= 4 is 23.8 Å². The summed E-state index contributed by atoms with van der Waals surface area (Å²) in [5, 5.41) is 0. The van der Waals surface area contributed by atoms with Gasteiger partial charge in [-0.2, -0.15) is 0 Å². The molecule has 6 rings (SSSR count). The largest absolute Gasteiger partial charge is 0.292 e. The number of imidazole rings is 1. The lowest BCUT2D eigenvalue weighted by atomic mass is 9.59. The fourth-order valence-electron chi connectivity index (χ4n) is 6.45. The van der Waals surface area contributed by atoms with Crippen molar-refractivity contribution in [3.8, 4) is 28.2 Å². The molecule has 0 N–H and O–H groups in total. The Morgan fingerprint density at radius 3 is 1.89 bits per heavy atom. The molecule has 1 aliphatic rings. The second-order valence-corrected chi connectivity index (χ2v) is 12.3. The van der Waals surface area contributed by atoms with Crippen molar-refractivity contribution in [1.82, 2.24) is 9.55 Å². The summed E-state index contributed by atoms with van der Waals surface area (Å²) < 4.78 is 2.26. The Labute approximate surface area is 228 Å². The summed E-state index contributed by atoms with van der Waals surface area (Å²) in [5.74, 6) is 0.963. The first-order valence-electron chi connectivity index (χ1n) is 13.7. The summed E-state index contributed by atoms with van der Waals surface area (Å²) in [5.41, 5.74) is 11.5. The Morgan fingerprint density at radius 2 is 1.24 bits per heavy atom. The molecular weight excluding hydrogens is 459 g/mol. The lowest BCUT2D eigenvalue weighted by molar-refractivity contribution is 0.125. The second-order valence-electron chi connectivity index (χ2n) is 12.3. The van der Waals surface area contributed by atoms with E-state index in [-0.39, 0.29) is 16.2 Å². The van der Waals surface area contributed by atoms with Gasteiger partial charge in [0.25, 0.3) is 0 Å². The predicted octanol–water partition coefficient (Wildman–Crippen LogP) is 8.33. The lowest BCUT2D eigenvalue weighted by Crippen LogP contribution is -2.42. The maximum atomic E-state index is 5.05. The van der Waals surface area contributed by atoms with Crippen LogP contribution in [0.25, 0.3) is 39.2 Å². The van der Waals surface area contributed by atoms with Crippen LogP contribution in [0.15, 0.2) is 91.0 Å². The van der Waals surface area contributed by atoms with Crippen LogP contribution >= 0.6 is 0 Å². The fraction of sp³-hybridized carbons (Fsp3) is 0.286. The SMILES string of the molecule is C[B]c1cc2c(cc1-c1ccc(-c3nc4ccccc4n3-c3ccccc3)cc1)C(C)(C)C(C)(C)C2(C)C. The fourth-order valence-corrected chi connectivity index (χ4v) is 6.45. The van der Waals surface area contributed by atoms with Gasteiger partial charge in [0.2, 0.25) is 0 Å². The van der Waals surface area contributed by atoms with Crippen molar-refractivity contribution in [2.45, 2.75) is 59.2 Å². The van der Waals surface area contributed by atoms with Crippen molar-refractivity contribution in [3.05, 3.63) is 102 Å². The van der Waals surface area contributed by atoms with Crippen LogP contribution in [0.3, 0.4) is 0 Å². The zero-order valence-electron chi connectivity index (χ0n) is 23.6. The molecule has 4 aromatic carbocycles. The van der Waals surface area contributed by atoms with Crippen LogP contribution in [0, 0.1) is 5.41 Å². The van der Waals surface area contributed by atoms with Crippen LogP contribution in [-0.2, 0) is 10.8 Å². The van der Waals surface area contributed by atoms with E-state index < -0.39 is 0 Å². The standard InChI is InChI=1S/C35H36BN2/c1-33(2)27-21-26(29(36-7)22-28(27)34(3,4)35(33,5)6)23-17-19-24(20-18-23)32-37-30-15-11-12-16-31(30)38(32)25-13-9-8-10-14-25/h8-22H,1-7H3. The van der Waals surface area contributed by atoms with Crippen LogP contribution in [0.1, 0.15) is 52.7 Å². The third kappa shape index (κ3) is 3.37. The Morgan fingerprint density at radius 1 is 0.658 bits per heavy atom. The van der Waals surface area contributed by atoms with E-state index in [1.54, 1.807) is 0 Å². The van der Waals surface area contributed by atoms with E-state index in [2.05, 4.69) is 151 Å². The molecule has 0 spiro atoms. The minimum Gasteiger partial charge on any atom is -0.292 e. The van der Waals surface area contributed by atoms with Crippen molar-refractivity contribution in [1.29, 1.82) is 0 Å². The average Bonchev–Trinajstić information content (AvgIpc) is 3.36. The third-order valence-electron chi connectivity index (χ3n) is 10.0. The molecule has 0 saturated heterocycles. The van der Waals surface area contributed by atoms with E-state index in [4.69, 9.17) is 4.98 Å². The van der Waals surface area contributed by atoms with Crippen molar-refractivity contribution < 1.29 is 0 Å². The molecule has 0 bridgehead atoms. The second kappa shape index (κ2) is 8.46. The Hall–Kier alpha value is -3.59. The Kier molecular flexibility index (Phi) is 5.51. The van der Waals surface area contributed by atoms with Gasteiger partial charge in [-0.15, -0.1) is 0 Å². The first kappa shape index (κ1) is 24.7. The molecule has 1 heterocycles. The van der Waals surface area contributed by atoms with E-state index in [0.717, 1.165) is 28.1 Å². The van der Waals surface area contributed by atoms with Gasteiger partial charge in [-0.05, 0) is 62.8 Å². The summed E-state index contributed by atoms with van der Waals surface area (Å²) in [6.07, 6.45) is 0. The number of para-hydroxylation sites is 3. The highest BCUT2D eigenvalue weighted by Gasteiger charge is 2.56. The predicted molar refractivity (Wildman–Crippen MR) is 163 cm³/mol. The smallest absolute Gasteiger partial charge is 0.149 e. The van der Waals surface area contributed by atoms with Gasteiger partial charge in [-0.3, -0.25) is 4.57 Å². The molecule has 0 saturated carbocycles. The minimum atomic E-state index is 0.0767. The number of hydrogen-bond acceptors (Lipinski definition) is 1.